The van der Waals surface area contributed by atoms with E-state index in [4.69, 9.17) is 15.2 Å². The van der Waals surface area contributed by atoms with Gasteiger partial charge in [-0.05, 0) is 17.5 Å². The number of carbonyl (C=O) groups excluding carboxylic acids is 1. The predicted octanol–water partition coefficient (Wildman–Crippen LogP) is 2.50. The average molecular weight is 310 g/mol. The van der Waals surface area contributed by atoms with Crippen LogP contribution in [-0.4, -0.2) is 27.7 Å². The number of ether oxygens (including phenoxy) is 1. The van der Waals surface area contributed by atoms with E-state index >= 15 is 0 Å². The van der Waals surface area contributed by atoms with Gasteiger partial charge in [0.15, 0.2) is 6.61 Å². The van der Waals surface area contributed by atoms with Crippen LogP contribution in [0, 0.1) is 10.1 Å². The molecule has 0 bridgehead atoms. The van der Waals surface area contributed by atoms with E-state index in [1.807, 2.05) is 0 Å². The second-order valence-electron chi connectivity index (χ2n) is 3.89. The van der Waals surface area contributed by atoms with Gasteiger partial charge >= 0.3 is 0 Å². The third kappa shape index (κ3) is 3.54. The molecule has 0 spiro atoms. The maximum atomic E-state index is 11.8. The van der Waals surface area contributed by atoms with E-state index in [-0.39, 0.29) is 34.7 Å². The molecule has 9 heteroatoms. The zero-order valence-corrected chi connectivity index (χ0v) is 11.3. The molecule has 0 fully saturated rings. The molecule has 2 rings (SSSR count). The molecule has 1 aromatic carbocycles. The summed E-state index contributed by atoms with van der Waals surface area (Å²) < 4.78 is 5.19. The van der Waals surface area contributed by atoms with Crippen LogP contribution in [0.2, 0.25) is 0 Å². The first-order valence-corrected chi connectivity index (χ1v) is 6.53. The van der Waals surface area contributed by atoms with Crippen molar-refractivity contribution in [3.8, 4) is 5.75 Å². The molecule has 2 aromatic rings. The molecule has 21 heavy (non-hydrogen) atoms. The summed E-state index contributed by atoms with van der Waals surface area (Å²) in [6, 6.07) is 6.60. The molecule has 0 aliphatic heterocycles. The maximum Gasteiger partial charge on any atom is 0.271 e. The number of hydrogen-bond acceptors (Lipinski definition) is 8. The van der Waals surface area contributed by atoms with E-state index in [0.29, 0.717) is 4.88 Å². The summed E-state index contributed by atoms with van der Waals surface area (Å²) in [5.41, 5.74) is -0.668. The van der Waals surface area contributed by atoms with Gasteiger partial charge in [0.1, 0.15) is 11.4 Å². The van der Waals surface area contributed by atoms with E-state index in [1.54, 1.807) is 17.5 Å². The Morgan fingerprint density at radius 1 is 1.38 bits per heavy atom. The number of carbonyl (C=O) groups is 1. The van der Waals surface area contributed by atoms with Crippen molar-refractivity contribution in [2.24, 2.45) is 0 Å². The SMILES string of the molecule is O=C(COc1ccc([N+](=O)[O-])cc1N(O)O)c1cccs1. The first-order chi connectivity index (χ1) is 9.99. The molecular weight excluding hydrogens is 300 g/mol. The molecule has 0 saturated heterocycles. The van der Waals surface area contributed by atoms with Crippen LogP contribution in [-0.2, 0) is 0 Å². The third-order valence-electron chi connectivity index (χ3n) is 2.52. The Morgan fingerprint density at radius 3 is 2.71 bits per heavy atom. The van der Waals surface area contributed by atoms with E-state index in [2.05, 4.69) is 0 Å². The summed E-state index contributed by atoms with van der Waals surface area (Å²) in [5, 5.41) is 30.2. The molecule has 0 saturated carbocycles. The minimum Gasteiger partial charge on any atom is -0.483 e. The number of anilines is 1. The standard InChI is InChI=1S/C12H10N2O6S/c15-10(12-2-1-5-21-12)7-20-11-4-3-8(13(16)17)6-9(11)14(18)19/h1-6,18-19H,7H2. The van der Waals surface area contributed by atoms with E-state index in [1.165, 1.54) is 17.4 Å². The Kier molecular flexibility index (Phi) is 4.48. The van der Waals surface area contributed by atoms with Gasteiger partial charge in [0.25, 0.3) is 5.69 Å². The number of hydrogen-bond donors (Lipinski definition) is 2. The number of Topliss-reactive ketones (excluding diaryl/α,β-unsaturated/α-hetero) is 1. The lowest BCUT2D eigenvalue weighted by molar-refractivity contribution is -0.384. The second kappa shape index (κ2) is 6.31. The summed E-state index contributed by atoms with van der Waals surface area (Å²) in [4.78, 5) is 22.2. The molecule has 0 aliphatic rings. The number of thiophene rings is 1. The van der Waals surface area contributed by atoms with Gasteiger partial charge in [-0.1, -0.05) is 6.07 Å². The Hall–Kier alpha value is -2.49. The van der Waals surface area contributed by atoms with Crippen molar-refractivity contribution in [1.29, 1.82) is 0 Å². The highest BCUT2D eigenvalue weighted by Gasteiger charge is 2.17. The number of ketones is 1. The zero-order valence-electron chi connectivity index (χ0n) is 10.5. The molecule has 110 valence electrons. The zero-order chi connectivity index (χ0) is 15.4. The van der Waals surface area contributed by atoms with Crippen LogP contribution >= 0.6 is 11.3 Å². The van der Waals surface area contributed by atoms with Crippen molar-refractivity contribution < 1.29 is 24.9 Å². The summed E-state index contributed by atoms with van der Waals surface area (Å²) in [6.45, 7) is -0.320. The Bertz CT molecular complexity index is 656. The van der Waals surface area contributed by atoms with Crippen molar-refractivity contribution in [1.82, 2.24) is 0 Å². The van der Waals surface area contributed by atoms with Crippen LogP contribution in [0.4, 0.5) is 11.4 Å². The van der Waals surface area contributed by atoms with Crippen LogP contribution in [0.3, 0.4) is 0 Å². The van der Waals surface area contributed by atoms with E-state index < -0.39 is 4.92 Å². The van der Waals surface area contributed by atoms with Gasteiger partial charge < -0.3 is 4.74 Å². The monoisotopic (exact) mass is 310 g/mol. The van der Waals surface area contributed by atoms with Crippen molar-refractivity contribution >= 4 is 28.5 Å². The Labute approximate surface area is 122 Å². The van der Waals surface area contributed by atoms with Crippen LogP contribution in [0.25, 0.3) is 0 Å². The number of benzene rings is 1. The summed E-state index contributed by atoms with van der Waals surface area (Å²) in [5.74, 6) is -0.341. The van der Waals surface area contributed by atoms with Gasteiger partial charge in [-0.3, -0.25) is 25.3 Å². The maximum absolute atomic E-state index is 11.8. The molecule has 0 unspecified atom stereocenters. The van der Waals surface area contributed by atoms with Gasteiger partial charge in [0.05, 0.1) is 9.80 Å². The fourth-order valence-corrected chi connectivity index (χ4v) is 2.20. The quantitative estimate of drug-likeness (QED) is 0.478. The number of rotatable bonds is 6. The second-order valence-corrected chi connectivity index (χ2v) is 4.84. The van der Waals surface area contributed by atoms with Crippen molar-refractivity contribution in [3.63, 3.8) is 0 Å². The molecule has 0 atom stereocenters. The number of non-ortho nitro benzene ring substituents is 1. The normalized spacial score (nSPS) is 10.2. The first-order valence-electron chi connectivity index (χ1n) is 5.65. The first kappa shape index (κ1) is 14.9. The van der Waals surface area contributed by atoms with Gasteiger partial charge in [0.2, 0.25) is 5.78 Å². The smallest absolute Gasteiger partial charge is 0.271 e. The van der Waals surface area contributed by atoms with Crippen LogP contribution in [0.1, 0.15) is 9.67 Å². The van der Waals surface area contributed by atoms with Crippen LogP contribution < -0.4 is 9.96 Å². The molecule has 2 N–H and O–H groups in total. The minimum absolute atomic E-state index is 0.0597. The Morgan fingerprint density at radius 2 is 2.14 bits per heavy atom. The van der Waals surface area contributed by atoms with Crippen molar-refractivity contribution in [2.45, 2.75) is 0 Å². The largest absolute Gasteiger partial charge is 0.483 e. The fraction of sp³-hybridized carbons (Fsp3) is 0.0833. The number of nitro benzene ring substituents is 1. The van der Waals surface area contributed by atoms with Gasteiger partial charge in [-0.15, -0.1) is 16.6 Å². The van der Waals surface area contributed by atoms with Gasteiger partial charge in [0, 0.05) is 12.1 Å². The van der Waals surface area contributed by atoms with Crippen LogP contribution in [0.15, 0.2) is 35.7 Å². The molecule has 8 nitrogen and oxygen atoms in total. The predicted molar refractivity (Wildman–Crippen MR) is 73.3 cm³/mol. The molecule has 0 radical (unpaired) electrons. The fourth-order valence-electron chi connectivity index (χ4n) is 1.55. The summed E-state index contributed by atoms with van der Waals surface area (Å²) >= 11 is 1.25. The van der Waals surface area contributed by atoms with Crippen LogP contribution in [0.5, 0.6) is 5.75 Å². The molecule has 1 aromatic heterocycles. The van der Waals surface area contributed by atoms with Crippen molar-refractivity contribution in [2.75, 3.05) is 11.8 Å². The van der Waals surface area contributed by atoms with Crippen molar-refractivity contribution in [3.05, 3.63) is 50.7 Å². The number of nitrogens with zero attached hydrogens (tertiary/aromatic N) is 2. The number of nitro groups is 1. The van der Waals surface area contributed by atoms with Gasteiger partial charge in [-0.25, -0.2) is 0 Å². The van der Waals surface area contributed by atoms with E-state index in [9.17, 15) is 14.9 Å². The lowest BCUT2D eigenvalue weighted by atomic mass is 10.2. The summed E-state index contributed by atoms with van der Waals surface area (Å²) in [7, 11) is 0. The summed E-state index contributed by atoms with van der Waals surface area (Å²) in [6.07, 6.45) is 0. The Balaban J connectivity index is 2.16. The molecule has 0 aliphatic carbocycles. The third-order valence-corrected chi connectivity index (χ3v) is 3.43. The molecular formula is C12H10N2O6S. The van der Waals surface area contributed by atoms with E-state index in [0.717, 1.165) is 12.1 Å². The highest BCUT2D eigenvalue weighted by Crippen LogP contribution is 2.31. The lowest BCUT2D eigenvalue weighted by Gasteiger charge is -2.13. The highest BCUT2D eigenvalue weighted by atomic mass is 32.1. The molecule has 1 heterocycles. The average Bonchev–Trinajstić information content (AvgIpc) is 2.98. The molecule has 0 amide bonds. The van der Waals surface area contributed by atoms with Gasteiger partial charge in [-0.2, -0.15) is 0 Å². The lowest BCUT2D eigenvalue weighted by Crippen LogP contribution is -2.15. The minimum atomic E-state index is -0.687. The topological polar surface area (TPSA) is 113 Å². The highest BCUT2D eigenvalue weighted by molar-refractivity contribution is 7.12.